The molecule has 0 aromatic heterocycles. The SMILES string of the molecule is CCN1CCN(CCCNC(=O)COc2ccc(C(F)(F)F)cc2)CC1. The minimum absolute atomic E-state index is 0.208. The molecule has 1 aliphatic heterocycles. The van der Waals surface area contributed by atoms with Crippen LogP contribution in [0.15, 0.2) is 24.3 Å². The summed E-state index contributed by atoms with van der Waals surface area (Å²) in [6, 6.07) is 4.30. The topological polar surface area (TPSA) is 44.8 Å². The van der Waals surface area contributed by atoms with Crippen LogP contribution in [0.25, 0.3) is 0 Å². The maximum Gasteiger partial charge on any atom is 0.416 e. The van der Waals surface area contributed by atoms with Gasteiger partial charge in [-0.2, -0.15) is 13.2 Å². The Kier molecular flexibility index (Phi) is 7.71. The number of alkyl halides is 3. The molecule has 0 saturated carbocycles. The van der Waals surface area contributed by atoms with Gasteiger partial charge in [-0.1, -0.05) is 6.92 Å². The highest BCUT2D eigenvalue weighted by atomic mass is 19.4. The minimum Gasteiger partial charge on any atom is -0.484 e. The fraction of sp³-hybridized carbons (Fsp3) is 0.611. The molecule has 0 spiro atoms. The maximum atomic E-state index is 12.5. The first-order valence-corrected chi connectivity index (χ1v) is 8.90. The van der Waals surface area contributed by atoms with Crippen molar-refractivity contribution in [3.63, 3.8) is 0 Å². The molecule has 1 aromatic rings. The van der Waals surface area contributed by atoms with Crippen LogP contribution < -0.4 is 10.1 Å². The van der Waals surface area contributed by atoms with E-state index in [1.807, 2.05) is 0 Å². The van der Waals surface area contributed by atoms with Gasteiger partial charge in [0.25, 0.3) is 5.91 Å². The standard InChI is InChI=1S/C18H26F3N3O2/c1-2-23-10-12-24(13-11-23)9-3-8-22-17(25)14-26-16-6-4-15(5-7-16)18(19,20)21/h4-7H,2-3,8-14H2,1H3,(H,22,25). The lowest BCUT2D eigenvalue weighted by Gasteiger charge is -2.33. The molecule has 0 atom stereocenters. The Morgan fingerprint density at radius 2 is 1.73 bits per heavy atom. The van der Waals surface area contributed by atoms with Gasteiger partial charge in [-0.15, -0.1) is 0 Å². The third kappa shape index (κ3) is 6.84. The number of piperazine rings is 1. The van der Waals surface area contributed by atoms with Crippen LogP contribution in [0.5, 0.6) is 5.75 Å². The van der Waals surface area contributed by atoms with Gasteiger partial charge in [0.2, 0.25) is 0 Å². The molecule has 8 heteroatoms. The predicted octanol–water partition coefficient (Wildman–Crippen LogP) is 2.23. The molecule has 0 aliphatic carbocycles. The number of carbonyl (C=O) groups excluding carboxylic acids is 1. The van der Waals surface area contributed by atoms with Crippen LogP contribution in [0.3, 0.4) is 0 Å². The van der Waals surface area contributed by atoms with Crippen molar-refractivity contribution in [3.05, 3.63) is 29.8 Å². The number of amides is 1. The lowest BCUT2D eigenvalue weighted by atomic mass is 10.2. The van der Waals surface area contributed by atoms with E-state index in [0.29, 0.717) is 6.54 Å². The average molecular weight is 373 g/mol. The van der Waals surface area contributed by atoms with Crippen molar-refractivity contribution >= 4 is 5.91 Å². The Hall–Kier alpha value is -1.80. The number of hydrogen-bond donors (Lipinski definition) is 1. The summed E-state index contributed by atoms with van der Waals surface area (Å²) >= 11 is 0. The second kappa shape index (κ2) is 9.78. The van der Waals surface area contributed by atoms with E-state index < -0.39 is 11.7 Å². The van der Waals surface area contributed by atoms with E-state index in [9.17, 15) is 18.0 Å². The number of nitrogens with zero attached hydrogens (tertiary/aromatic N) is 2. The van der Waals surface area contributed by atoms with Crippen molar-refractivity contribution in [1.29, 1.82) is 0 Å². The Labute approximate surface area is 152 Å². The summed E-state index contributed by atoms with van der Waals surface area (Å²) in [5.41, 5.74) is -0.742. The van der Waals surface area contributed by atoms with Crippen molar-refractivity contribution in [3.8, 4) is 5.75 Å². The molecule has 5 nitrogen and oxygen atoms in total. The maximum absolute atomic E-state index is 12.5. The van der Waals surface area contributed by atoms with Gasteiger partial charge < -0.3 is 19.9 Å². The monoisotopic (exact) mass is 373 g/mol. The van der Waals surface area contributed by atoms with E-state index in [4.69, 9.17) is 4.74 Å². The lowest BCUT2D eigenvalue weighted by molar-refractivity contribution is -0.137. The number of hydrogen-bond acceptors (Lipinski definition) is 4. The number of rotatable bonds is 8. The van der Waals surface area contributed by atoms with Crippen LogP contribution in [0.1, 0.15) is 18.9 Å². The molecular formula is C18H26F3N3O2. The van der Waals surface area contributed by atoms with Crippen molar-refractivity contribution in [2.24, 2.45) is 0 Å². The second-order valence-electron chi connectivity index (χ2n) is 6.29. The van der Waals surface area contributed by atoms with Crippen LogP contribution in [0.2, 0.25) is 0 Å². The van der Waals surface area contributed by atoms with Crippen LogP contribution in [0, 0.1) is 0 Å². The number of ether oxygens (including phenoxy) is 1. The van der Waals surface area contributed by atoms with Gasteiger partial charge >= 0.3 is 6.18 Å². The van der Waals surface area contributed by atoms with E-state index in [1.165, 1.54) is 12.1 Å². The predicted molar refractivity (Wildman–Crippen MR) is 93.1 cm³/mol. The van der Waals surface area contributed by atoms with E-state index >= 15 is 0 Å². The zero-order valence-corrected chi connectivity index (χ0v) is 15.0. The van der Waals surface area contributed by atoms with Crippen molar-refractivity contribution in [2.75, 3.05) is 52.4 Å². The molecule has 1 aliphatic rings. The molecule has 146 valence electrons. The van der Waals surface area contributed by atoms with Gasteiger partial charge in [-0.05, 0) is 43.8 Å². The first-order chi connectivity index (χ1) is 12.4. The highest BCUT2D eigenvalue weighted by molar-refractivity contribution is 5.77. The summed E-state index contributed by atoms with van der Waals surface area (Å²) in [5, 5.41) is 2.77. The molecule has 0 unspecified atom stereocenters. The molecule has 1 heterocycles. The first-order valence-electron chi connectivity index (χ1n) is 8.90. The number of benzene rings is 1. The summed E-state index contributed by atoms with van der Waals surface area (Å²) in [5.74, 6) is -0.0392. The number of likely N-dealkylation sites (N-methyl/N-ethyl adjacent to an activating group) is 1. The van der Waals surface area contributed by atoms with Gasteiger partial charge in [0.15, 0.2) is 6.61 Å². The zero-order chi connectivity index (χ0) is 19.0. The molecular weight excluding hydrogens is 347 g/mol. The summed E-state index contributed by atoms with van der Waals surface area (Å²) in [6.07, 6.45) is -3.52. The van der Waals surface area contributed by atoms with Crippen LogP contribution >= 0.6 is 0 Å². The van der Waals surface area contributed by atoms with Gasteiger partial charge in [0.1, 0.15) is 5.75 Å². The van der Waals surface area contributed by atoms with Crippen molar-refractivity contribution in [2.45, 2.75) is 19.5 Å². The molecule has 2 rings (SSSR count). The largest absolute Gasteiger partial charge is 0.484 e. The highest BCUT2D eigenvalue weighted by Gasteiger charge is 2.30. The Bertz CT molecular complexity index is 556. The number of carbonyl (C=O) groups is 1. The first kappa shape index (κ1) is 20.5. The molecule has 1 amide bonds. The molecule has 26 heavy (non-hydrogen) atoms. The van der Waals surface area contributed by atoms with Gasteiger partial charge in [0.05, 0.1) is 5.56 Å². The molecule has 0 radical (unpaired) electrons. The fourth-order valence-corrected chi connectivity index (χ4v) is 2.80. The molecule has 1 N–H and O–H groups in total. The zero-order valence-electron chi connectivity index (χ0n) is 15.0. The quantitative estimate of drug-likeness (QED) is 0.710. The van der Waals surface area contributed by atoms with Crippen molar-refractivity contribution in [1.82, 2.24) is 15.1 Å². The Morgan fingerprint density at radius 3 is 2.31 bits per heavy atom. The summed E-state index contributed by atoms with van der Waals surface area (Å²) < 4.78 is 42.6. The third-order valence-electron chi connectivity index (χ3n) is 4.44. The molecule has 1 saturated heterocycles. The lowest BCUT2D eigenvalue weighted by Crippen LogP contribution is -2.46. The van der Waals surface area contributed by atoms with Gasteiger partial charge in [-0.25, -0.2) is 0 Å². The average Bonchev–Trinajstić information content (AvgIpc) is 2.63. The molecule has 0 bridgehead atoms. The summed E-state index contributed by atoms with van der Waals surface area (Å²) in [7, 11) is 0. The van der Waals surface area contributed by atoms with Crippen LogP contribution in [-0.4, -0.2) is 68.1 Å². The van der Waals surface area contributed by atoms with E-state index in [2.05, 4.69) is 22.0 Å². The summed E-state index contributed by atoms with van der Waals surface area (Å²) in [4.78, 5) is 16.5. The van der Waals surface area contributed by atoms with Gasteiger partial charge in [0, 0.05) is 32.7 Å². The van der Waals surface area contributed by atoms with E-state index in [0.717, 1.165) is 57.8 Å². The Balaban J connectivity index is 1.58. The minimum atomic E-state index is -4.38. The number of nitrogens with one attached hydrogen (secondary N) is 1. The van der Waals surface area contributed by atoms with Crippen molar-refractivity contribution < 1.29 is 22.7 Å². The molecule has 1 aromatic carbocycles. The highest BCUT2D eigenvalue weighted by Crippen LogP contribution is 2.30. The second-order valence-corrected chi connectivity index (χ2v) is 6.29. The third-order valence-corrected chi connectivity index (χ3v) is 4.44. The fourth-order valence-electron chi connectivity index (χ4n) is 2.80. The van der Waals surface area contributed by atoms with Crippen LogP contribution in [-0.2, 0) is 11.0 Å². The summed E-state index contributed by atoms with van der Waals surface area (Å²) in [6.45, 7) is 8.83. The Morgan fingerprint density at radius 1 is 1.12 bits per heavy atom. The van der Waals surface area contributed by atoms with E-state index in [1.54, 1.807) is 0 Å². The number of halogens is 3. The molecule has 1 fully saturated rings. The van der Waals surface area contributed by atoms with E-state index in [-0.39, 0.29) is 18.3 Å². The smallest absolute Gasteiger partial charge is 0.416 e. The normalized spacial score (nSPS) is 16.5. The van der Waals surface area contributed by atoms with Crippen LogP contribution in [0.4, 0.5) is 13.2 Å². The van der Waals surface area contributed by atoms with Gasteiger partial charge in [-0.3, -0.25) is 4.79 Å².